The number of hydrogen-bond acceptors (Lipinski definition) is 8. The molecule has 7 unspecified atom stereocenters. The molecular weight excluding hydrogens is 971 g/mol. The quantitative estimate of drug-likeness (QED) is 0.0261. The molecule has 1 heterocycles. The van der Waals surface area contributed by atoms with E-state index in [4.69, 9.17) is 9.47 Å². The van der Waals surface area contributed by atoms with Gasteiger partial charge in [-0.15, -0.1) is 0 Å². The number of hydrogen-bond donors (Lipinski definition) is 6. The Balaban J connectivity index is 2.22. The molecule has 1 aliphatic rings. The van der Waals surface area contributed by atoms with Crippen molar-refractivity contribution in [3.8, 4) is 0 Å². The van der Waals surface area contributed by atoms with Gasteiger partial charge < -0.3 is 40.3 Å². The number of nitrogens with one attached hydrogen (secondary N) is 1. The van der Waals surface area contributed by atoms with Crippen molar-refractivity contribution in [1.82, 2.24) is 5.32 Å². The highest BCUT2D eigenvalue weighted by Gasteiger charge is 2.44. The van der Waals surface area contributed by atoms with Gasteiger partial charge in [0.1, 0.15) is 24.4 Å². The number of rotatable bonds is 54. The zero-order valence-electron chi connectivity index (χ0n) is 49.9. The zero-order chi connectivity index (χ0) is 56.5. The maximum Gasteiger partial charge on any atom is 0.220 e. The van der Waals surface area contributed by atoms with Crippen molar-refractivity contribution in [3.05, 3.63) is 109 Å². The van der Waals surface area contributed by atoms with Crippen molar-refractivity contribution < 1.29 is 39.8 Å². The van der Waals surface area contributed by atoms with Crippen LogP contribution >= 0.6 is 0 Å². The van der Waals surface area contributed by atoms with Gasteiger partial charge in [-0.05, 0) is 83.5 Å². The van der Waals surface area contributed by atoms with Crippen molar-refractivity contribution in [2.75, 3.05) is 13.2 Å². The fourth-order valence-electron chi connectivity index (χ4n) is 9.59. The smallest absolute Gasteiger partial charge is 0.220 e. The third-order valence-corrected chi connectivity index (χ3v) is 14.6. The SMILES string of the molecule is CC/C=C\C/C=C\C/C=C\C/C=C\C/C=C\C/C=C\C/C=C\C/C=C\CCCCCCCCC(=O)NC(COC1OC(CO)C(O)C(O)C1O)C(O)/C=C/CCCCCCCCCCCCCCCCCCCCCCCC. The molecule has 1 saturated heterocycles. The fourth-order valence-corrected chi connectivity index (χ4v) is 9.59. The van der Waals surface area contributed by atoms with Crippen LogP contribution in [0.15, 0.2) is 109 Å². The van der Waals surface area contributed by atoms with E-state index in [1.165, 1.54) is 128 Å². The van der Waals surface area contributed by atoms with Crippen LogP contribution in [0.1, 0.15) is 264 Å². The summed E-state index contributed by atoms with van der Waals surface area (Å²) in [6.07, 6.45) is 77.3. The predicted octanol–water partition coefficient (Wildman–Crippen LogP) is 16.9. The van der Waals surface area contributed by atoms with Gasteiger partial charge in [0, 0.05) is 6.42 Å². The minimum Gasteiger partial charge on any atom is -0.394 e. The van der Waals surface area contributed by atoms with E-state index in [1.54, 1.807) is 6.08 Å². The summed E-state index contributed by atoms with van der Waals surface area (Å²) in [5, 5.41) is 54.7. The summed E-state index contributed by atoms with van der Waals surface area (Å²) >= 11 is 0. The van der Waals surface area contributed by atoms with Gasteiger partial charge in [0.25, 0.3) is 0 Å². The van der Waals surface area contributed by atoms with E-state index < -0.39 is 49.5 Å². The van der Waals surface area contributed by atoms with Gasteiger partial charge in [0.05, 0.1) is 25.4 Å². The first-order chi connectivity index (χ1) is 38.3. The minimum atomic E-state index is -1.58. The maximum absolute atomic E-state index is 13.1. The first kappa shape index (κ1) is 72.9. The highest BCUT2D eigenvalue weighted by Crippen LogP contribution is 2.23. The van der Waals surface area contributed by atoms with Gasteiger partial charge in [-0.2, -0.15) is 0 Å². The van der Waals surface area contributed by atoms with Crippen LogP contribution in [-0.2, 0) is 14.3 Å². The molecule has 6 N–H and O–H groups in total. The summed E-state index contributed by atoms with van der Waals surface area (Å²) in [5.41, 5.74) is 0. The van der Waals surface area contributed by atoms with E-state index in [0.717, 1.165) is 116 Å². The average Bonchev–Trinajstić information content (AvgIpc) is 3.45. The second-order valence-corrected chi connectivity index (χ2v) is 21.8. The number of carbonyl (C=O) groups is 1. The van der Waals surface area contributed by atoms with E-state index in [0.29, 0.717) is 6.42 Å². The predicted molar refractivity (Wildman–Crippen MR) is 331 cm³/mol. The van der Waals surface area contributed by atoms with Crippen LogP contribution in [-0.4, -0.2) is 87.5 Å². The molecule has 448 valence electrons. The Morgan fingerprint density at radius 3 is 1.18 bits per heavy atom. The highest BCUT2D eigenvalue weighted by atomic mass is 16.7. The van der Waals surface area contributed by atoms with E-state index >= 15 is 0 Å². The first-order valence-electron chi connectivity index (χ1n) is 32.1. The molecule has 1 rings (SSSR count). The molecule has 1 aliphatic heterocycles. The van der Waals surface area contributed by atoms with Crippen LogP contribution in [0.4, 0.5) is 0 Å². The van der Waals surface area contributed by atoms with Crippen molar-refractivity contribution in [1.29, 1.82) is 0 Å². The molecule has 0 aromatic rings. The summed E-state index contributed by atoms with van der Waals surface area (Å²) in [4.78, 5) is 13.1. The molecule has 0 aromatic heterocycles. The molecular formula is C69H119NO8. The van der Waals surface area contributed by atoms with Gasteiger partial charge >= 0.3 is 0 Å². The van der Waals surface area contributed by atoms with Crippen LogP contribution < -0.4 is 5.32 Å². The van der Waals surface area contributed by atoms with Crippen LogP contribution in [0.3, 0.4) is 0 Å². The lowest BCUT2D eigenvalue weighted by Crippen LogP contribution is -2.60. The van der Waals surface area contributed by atoms with Crippen molar-refractivity contribution in [2.24, 2.45) is 0 Å². The fraction of sp³-hybridized carbons (Fsp3) is 0.725. The maximum atomic E-state index is 13.1. The number of aliphatic hydroxyl groups is 5. The van der Waals surface area contributed by atoms with Crippen LogP contribution in [0.25, 0.3) is 0 Å². The van der Waals surface area contributed by atoms with Gasteiger partial charge in [0.15, 0.2) is 6.29 Å². The number of allylic oxidation sites excluding steroid dienone is 17. The number of aliphatic hydroxyl groups excluding tert-OH is 5. The number of unbranched alkanes of at least 4 members (excludes halogenated alkanes) is 28. The van der Waals surface area contributed by atoms with Crippen LogP contribution in [0, 0.1) is 0 Å². The second-order valence-electron chi connectivity index (χ2n) is 21.8. The van der Waals surface area contributed by atoms with Gasteiger partial charge in [-0.3, -0.25) is 4.79 Å². The molecule has 1 fully saturated rings. The normalized spacial score (nSPS) is 19.4. The Kier molecular flexibility index (Phi) is 53.3. The molecule has 0 aliphatic carbocycles. The Morgan fingerprint density at radius 2 is 0.795 bits per heavy atom. The summed E-state index contributed by atoms with van der Waals surface area (Å²) in [5.74, 6) is -0.194. The van der Waals surface area contributed by atoms with E-state index in [9.17, 15) is 30.3 Å². The third-order valence-electron chi connectivity index (χ3n) is 14.6. The lowest BCUT2D eigenvalue weighted by Gasteiger charge is -2.40. The van der Waals surface area contributed by atoms with E-state index in [1.807, 2.05) is 6.08 Å². The van der Waals surface area contributed by atoms with Gasteiger partial charge in [-0.1, -0.05) is 284 Å². The summed E-state index contributed by atoms with van der Waals surface area (Å²) in [7, 11) is 0. The lowest BCUT2D eigenvalue weighted by molar-refractivity contribution is -0.302. The lowest BCUT2D eigenvalue weighted by atomic mass is 9.99. The standard InChI is InChI=1S/C69H119NO8/c1-3-5-7-9-11-13-15-17-19-21-23-25-27-29-30-31-32-33-34-35-37-39-41-43-45-47-49-51-53-55-57-59-65(73)70-62(61-77-69-68(76)67(75)66(74)64(60-71)78-69)63(72)58-56-54-52-50-48-46-44-42-40-38-36-28-26-24-22-20-18-16-14-12-10-8-6-4-2/h5,7,11,13,17,19,23,25,29-30,32-33,35,37,41,43,56,58,62-64,66-69,71-72,74-76H,3-4,6,8-10,12,14-16,18,20-22,24,26-28,31,34,36,38-40,42,44-55,57,59-61H2,1-2H3,(H,70,73)/b7-5-,13-11-,19-17-,25-23-,30-29-,33-32-,37-35-,43-41-,58-56+. The molecule has 7 atom stereocenters. The number of carbonyl (C=O) groups excluding carboxylic acids is 1. The Bertz CT molecular complexity index is 1590. The van der Waals surface area contributed by atoms with Gasteiger partial charge in [-0.25, -0.2) is 0 Å². The van der Waals surface area contributed by atoms with Crippen molar-refractivity contribution in [3.63, 3.8) is 0 Å². The van der Waals surface area contributed by atoms with Gasteiger partial charge in [0.2, 0.25) is 5.91 Å². The van der Waals surface area contributed by atoms with E-state index in [-0.39, 0.29) is 12.5 Å². The monoisotopic (exact) mass is 1090 g/mol. The number of amides is 1. The summed E-state index contributed by atoms with van der Waals surface area (Å²) in [6.45, 7) is 3.67. The molecule has 1 amide bonds. The Morgan fingerprint density at radius 1 is 0.449 bits per heavy atom. The molecule has 78 heavy (non-hydrogen) atoms. The molecule has 0 bridgehead atoms. The largest absolute Gasteiger partial charge is 0.394 e. The highest BCUT2D eigenvalue weighted by molar-refractivity contribution is 5.76. The summed E-state index contributed by atoms with van der Waals surface area (Å²) in [6, 6.07) is -0.822. The van der Waals surface area contributed by atoms with Crippen molar-refractivity contribution >= 4 is 5.91 Å². The Hall–Kier alpha value is -3.15. The second kappa shape index (κ2) is 57.1. The zero-order valence-corrected chi connectivity index (χ0v) is 49.9. The van der Waals surface area contributed by atoms with Crippen LogP contribution in [0.5, 0.6) is 0 Å². The first-order valence-corrected chi connectivity index (χ1v) is 32.1. The molecule has 0 radical (unpaired) electrons. The molecule has 0 aromatic carbocycles. The molecule has 9 heteroatoms. The van der Waals surface area contributed by atoms with E-state index in [2.05, 4.69) is 116 Å². The minimum absolute atomic E-state index is 0.194. The van der Waals surface area contributed by atoms with Crippen LogP contribution in [0.2, 0.25) is 0 Å². The Labute approximate surface area is 478 Å². The number of ether oxygens (including phenoxy) is 2. The summed E-state index contributed by atoms with van der Waals surface area (Å²) < 4.78 is 11.3. The average molecular weight is 1090 g/mol. The van der Waals surface area contributed by atoms with Crippen molar-refractivity contribution in [2.45, 2.75) is 307 Å². The third kappa shape index (κ3) is 45.6. The molecule has 0 saturated carbocycles. The topological polar surface area (TPSA) is 149 Å². The molecule has 0 spiro atoms. The molecule has 9 nitrogen and oxygen atoms in total.